The molecule has 1 saturated heterocycles. The molecule has 186 valence electrons. The number of amides is 1. The SMILES string of the molecule is CCOc1cc(OC2CCC(NC(=O)c3ccc(N4CCC(CO)CC4)nn3)CC2)ccc1C#N. The lowest BCUT2D eigenvalue weighted by atomic mass is 9.92. The molecule has 2 N–H and O–H groups in total. The fraction of sp³-hybridized carbons (Fsp3) is 0.538. The van der Waals surface area contributed by atoms with Crippen LogP contribution in [-0.2, 0) is 0 Å². The molecule has 0 unspecified atom stereocenters. The molecular formula is C26H33N5O4. The fourth-order valence-electron chi connectivity index (χ4n) is 4.68. The summed E-state index contributed by atoms with van der Waals surface area (Å²) in [6.45, 7) is 4.28. The predicted octanol–water partition coefficient (Wildman–Crippen LogP) is 3.08. The number of piperidine rings is 1. The van der Waals surface area contributed by atoms with Gasteiger partial charge in [-0.15, -0.1) is 10.2 Å². The van der Waals surface area contributed by atoms with Gasteiger partial charge in [-0.25, -0.2) is 0 Å². The topological polar surface area (TPSA) is 121 Å². The molecule has 35 heavy (non-hydrogen) atoms. The third-order valence-electron chi connectivity index (χ3n) is 6.77. The van der Waals surface area contributed by atoms with E-state index >= 15 is 0 Å². The van der Waals surface area contributed by atoms with Gasteiger partial charge in [0.2, 0.25) is 0 Å². The molecule has 4 rings (SSSR count). The van der Waals surface area contributed by atoms with Gasteiger partial charge in [0.15, 0.2) is 11.5 Å². The Morgan fingerprint density at radius 3 is 2.54 bits per heavy atom. The molecule has 1 aromatic heterocycles. The number of nitriles is 1. The van der Waals surface area contributed by atoms with Gasteiger partial charge in [-0.1, -0.05) is 0 Å². The van der Waals surface area contributed by atoms with Crippen molar-refractivity contribution in [2.45, 2.75) is 57.6 Å². The largest absolute Gasteiger partial charge is 0.492 e. The average Bonchev–Trinajstić information content (AvgIpc) is 2.90. The van der Waals surface area contributed by atoms with Gasteiger partial charge in [0, 0.05) is 31.8 Å². The number of hydrogen-bond donors (Lipinski definition) is 2. The molecule has 0 atom stereocenters. The molecule has 1 aliphatic carbocycles. The number of hydrogen-bond acceptors (Lipinski definition) is 8. The number of carbonyl (C=O) groups excluding carboxylic acids is 1. The summed E-state index contributed by atoms with van der Waals surface area (Å²) in [4.78, 5) is 14.8. The monoisotopic (exact) mass is 479 g/mol. The highest BCUT2D eigenvalue weighted by molar-refractivity contribution is 5.92. The van der Waals surface area contributed by atoms with Crippen LogP contribution in [0.15, 0.2) is 30.3 Å². The smallest absolute Gasteiger partial charge is 0.272 e. The third-order valence-corrected chi connectivity index (χ3v) is 6.77. The molecule has 1 aromatic carbocycles. The van der Waals surface area contributed by atoms with Crippen LogP contribution in [0.3, 0.4) is 0 Å². The minimum Gasteiger partial charge on any atom is -0.492 e. The van der Waals surface area contributed by atoms with E-state index in [0.717, 1.165) is 57.4 Å². The van der Waals surface area contributed by atoms with E-state index in [1.54, 1.807) is 24.3 Å². The molecule has 0 spiro atoms. The molecule has 0 bridgehead atoms. The van der Waals surface area contributed by atoms with Crippen LogP contribution in [-0.4, -0.2) is 59.7 Å². The first kappa shape index (κ1) is 24.7. The molecule has 1 amide bonds. The van der Waals surface area contributed by atoms with Crippen molar-refractivity contribution in [1.29, 1.82) is 5.26 Å². The molecule has 1 aliphatic heterocycles. The predicted molar refractivity (Wildman–Crippen MR) is 131 cm³/mol. The number of nitrogens with one attached hydrogen (secondary N) is 1. The van der Waals surface area contributed by atoms with Gasteiger partial charge in [0.05, 0.1) is 18.3 Å². The maximum atomic E-state index is 12.7. The Morgan fingerprint density at radius 1 is 1.14 bits per heavy atom. The number of anilines is 1. The summed E-state index contributed by atoms with van der Waals surface area (Å²) in [5, 5.41) is 30.0. The van der Waals surface area contributed by atoms with E-state index in [1.807, 2.05) is 13.0 Å². The van der Waals surface area contributed by atoms with Crippen molar-refractivity contribution < 1.29 is 19.4 Å². The number of ether oxygens (including phenoxy) is 2. The van der Waals surface area contributed by atoms with Crippen LogP contribution < -0.4 is 19.7 Å². The van der Waals surface area contributed by atoms with E-state index in [9.17, 15) is 15.2 Å². The lowest BCUT2D eigenvalue weighted by Gasteiger charge is -2.31. The Hall–Kier alpha value is -3.38. The highest BCUT2D eigenvalue weighted by Gasteiger charge is 2.25. The van der Waals surface area contributed by atoms with Crippen LogP contribution in [0, 0.1) is 17.2 Å². The minimum atomic E-state index is -0.208. The lowest BCUT2D eigenvalue weighted by molar-refractivity contribution is 0.0887. The van der Waals surface area contributed by atoms with Crippen molar-refractivity contribution in [2.24, 2.45) is 5.92 Å². The Bertz CT molecular complexity index is 1020. The summed E-state index contributed by atoms with van der Waals surface area (Å²) >= 11 is 0. The van der Waals surface area contributed by atoms with Gasteiger partial charge in [0.1, 0.15) is 17.6 Å². The zero-order valence-corrected chi connectivity index (χ0v) is 20.2. The van der Waals surface area contributed by atoms with Gasteiger partial charge in [-0.05, 0) is 75.6 Å². The summed E-state index contributed by atoms with van der Waals surface area (Å²) in [7, 11) is 0. The maximum absolute atomic E-state index is 12.7. The number of aliphatic hydroxyl groups is 1. The maximum Gasteiger partial charge on any atom is 0.272 e. The van der Waals surface area contributed by atoms with E-state index in [2.05, 4.69) is 26.5 Å². The van der Waals surface area contributed by atoms with Crippen molar-refractivity contribution in [2.75, 3.05) is 31.2 Å². The highest BCUT2D eigenvalue weighted by atomic mass is 16.5. The highest BCUT2D eigenvalue weighted by Crippen LogP contribution is 2.29. The average molecular weight is 480 g/mol. The second-order valence-corrected chi connectivity index (χ2v) is 9.16. The van der Waals surface area contributed by atoms with Crippen molar-refractivity contribution in [1.82, 2.24) is 15.5 Å². The summed E-state index contributed by atoms with van der Waals surface area (Å²) < 4.78 is 11.7. The van der Waals surface area contributed by atoms with Gasteiger partial charge < -0.3 is 24.8 Å². The van der Waals surface area contributed by atoms with Crippen LogP contribution in [0.2, 0.25) is 0 Å². The number of benzene rings is 1. The molecule has 2 heterocycles. The number of nitrogens with zero attached hydrogens (tertiary/aromatic N) is 4. The third kappa shape index (κ3) is 6.40. The van der Waals surface area contributed by atoms with Gasteiger partial charge in [0.25, 0.3) is 5.91 Å². The molecule has 9 nitrogen and oxygen atoms in total. The summed E-state index contributed by atoms with van der Waals surface area (Å²) in [5.74, 6) is 2.15. The molecular weight excluding hydrogens is 446 g/mol. The lowest BCUT2D eigenvalue weighted by Crippen LogP contribution is -2.40. The minimum absolute atomic E-state index is 0.0552. The summed E-state index contributed by atoms with van der Waals surface area (Å²) in [6, 6.07) is 11.1. The van der Waals surface area contributed by atoms with Crippen molar-refractivity contribution in [3.05, 3.63) is 41.6 Å². The zero-order valence-electron chi connectivity index (χ0n) is 20.2. The molecule has 1 saturated carbocycles. The Kier molecular flexibility index (Phi) is 8.37. The number of rotatable bonds is 8. The number of aromatic nitrogens is 2. The van der Waals surface area contributed by atoms with E-state index in [-0.39, 0.29) is 24.7 Å². The van der Waals surface area contributed by atoms with Gasteiger partial charge >= 0.3 is 0 Å². The Morgan fingerprint density at radius 2 is 1.91 bits per heavy atom. The van der Waals surface area contributed by atoms with E-state index in [4.69, 9.17) is 9.47 Å². The zero-order chi connectivity index (χ0) is 24.6. The fourth-order valence-corrected chi connectivity index (χ4v) is 4.68. The van der Waals surface area contributed by atoms with Crippen molar-refractivity contribution in [3.8, 4) is 17.6 Å². The first-order valence-electron chi connectivity index (χ1n) is 12.4. The summed E-state index contributed by atoms with van der Waals surface area (Å²) in [5.41, 5.74) is 0.812. The molecule has 2 aliphatic rings. The first-order chi connectivity index (χ1) is 17.1. The molecule has 2 fully saturated rings. The molecule has 2 aromatic rings. The van der Waals surface area contributed by atoms with E-state index < -0.39 is 0 Å². The standard InChI is InChI=1S/C26H33N5O4/c1-2-34-24-15-22(6-3-19(24)16-27)35-21-7-4-20(5-8-21)28-26(33)23-9-10-25(30-29-23)31-13-11-18(17-32)12-14-31/h3,6,9-10,15,18,20-21,32H,2,4-5,7-8,11-14,17H2,1H3,(H,28,33). The van der Waals surface area contributed by atoms with Crippen LogP contribution in [0.5, 0.6) is 11.5 Å². The quantitative estimate of drug-likeness (QED) is 0.593. The second kappa shape index (κ2) is 11.8. The van der Waals surface area contributed by atoms with Crippen molar-refractivity contribution >= 4 is 11.7 Å². The van der Waals surface area contributed by atoms with Crippen LogP contribution in [0.4, 0.5) is 5.82 Å². The Balaban J connectivity index is 1.24. The van der Waals surface area contributed by atoms with Crippen LogP contribution >= 0.6 is 0 Å². The Labute approximate surface area is 206 Å². The molecule has 9 heteroatoms. The van der Waals surface area contributed by atoms with Crippen molar-refractivity contribution in [3.63, 3.8) is 0 Å². The first-order valence-corrected chi connectivity index (χ1v) is 12.4. The van der Waals surface area contributed by atoms with Gasteiger partial charge in [-0.2, -0.15) is 5.26 Å². The summed E-state index contributed by atoms with van der Waals surface area (Å²) in [6.07, 6.45) is 5.20. The van der Waals surface area contributed by atoms with E-state index in [0.29, 0.717) is 35.3 Å². The normalized spacial score (nSPS) is 20.7. The second-order valence-electron chi connectivity index (χ2n) is 9.16. The van der Waals surface area contributed by atoms with Crippen LogP contribution in [0.25, 0.3) is 0 Å². The van der Waals surface area contributed by atoms with E-state index in [1.165, 1.54) is 0 Å². The number of aliphatic hydroxyl groups excluding tert-OH is 1. The molecule has 0 radical (unpaired) electrons. The van der Waals surface area contributed by atoms with Crippen LogP contribution in [0.1, 0.15) is 61.5 Å². The van der Waals surface area contributed by atoms with Gasteiger partial charge in [-0.3, -0.25) is 4.79 Å². The number of carbonyl (C=O) groups is 1.